The topological polar surface area (TPSA) is 78.4 Å². The molecule has 0 saturated carbocycles. The Morgan fingerprint density at radius 1 is 0.853 bits per heavy atom. The highest BCUT2D eigenvalue weighted by Gasteiger charge is 2.14. The number of methoxy groups -OCH3 is 2. The van der Waals surface area contributed by atoms with Crippen LogP contribution in [0.5, 0.6) is 17.2 Å². The number of nitrogens with zero attached hydrogens (tertiary/aromatic N) is 3. The molecule has 0 saturated heterocycles. The van der Waals surface area contributed by atoms with Crippen LogP contribution in [0.25, 0.3) is 20.9 Å². The van der Waals surface area contributed by atoms with E-state index in [9.17, 15) is 0 Å². The highest BCUT2D eigenvalue weighted by Crippen LogP contribution is 2.35. The first-order valence-electron chi connectivity index (χ1n) is 10.6. The molecule has 34 heavy (non-hydrogen) atoms. The van der Waals surface area contributed by atoms with Gasteiger partial charge >= 0.3 is 0 Å². The minimum atomic E-state index is 0.461. The average Bonchev–Trinajstić information content (AvgIpc) is 3.34. The molecular weight excluding hydrogens is 448 g/mol. The molecule has 8 heteroatoms. The summed E-state index contributed by atoms with van der Waals surface area (Å²) >= 11 is 1.51. The Morgan fingerprint density at radius 3 is 2.56 bits per heavy atom. The molecule has 0 unspecified atom stereocenters. The zero-order valence-corrected chi connectivity index (χ0v) is 19.5. The van der Waals surface area contributed by atoms with Gasteiger partial charge in [0.2, 0.25) is 0 Å². The van der Waals surface area contributed by atoms with E-state index in [-0.39, 0.29) is 0 Å². The lowest BCUT2D eigenvalue weighted by Gasteiger charge is -2.13. The second-order valence-electron chi connectivity index (χ2n) is 7.39. The van der Waals surface area contributed by atoms with E-state index in [1.807, 2.05) is 72.8 Å². The maximum Gasteiger partial charge on any atom is 0.162 e. The van der Waals surface area contributed by atoms with E-state index in [0.29, 0.717) is 29.4 Å². The van der Waals surface area contributed by atoms with Gasteiger partial charge in [-0.3, -0.25) is 0 Å². The zero-order valence-electron chi connectivity index (χ0n) is 18.7. The number of thiazole rings is 1. The highest BCUT2D eigenvalue weighted by atomic mass is 32.1. The Balaban J connectivity index is 1.39. The Kier molecular flexibility index (Phi) is 6.22. The average molecular weight is 471 g/mol. The fourth-order valence-corrected chi connectivity index (χ4v) is 4.37. The van der Waals surface area contributed by atoms with Gasteiger partial charge in [-0.1, -0.05) is 53.8 Å². The summed E-state index contributed by atoms with van der Waals surface area (Å²) < 4.78 is 16.9. The molecule has 2 aromatic heterocycles. The first-order valence-corrected chi connectivity index (χ1v) is 11.4. The minimum absolute atomic E-state index is 0.461. The second-order valence-corrected chi connectivity index (χ2v) is 8.37. The Hall–Kier alpha value is -4.17. The van der Waals surface area contributed by atoms with Crippen LogP contribution in [0.4, 0.5) is 11.5 Å². The summed E-state index contributed by atoms with van der Waals surface area (Å²) in [4.78, 5) is 14.4. The van der Waals surface area contributed by atoms with Crippen LogP contribution in [0.3, 0.4) is 0 Å². The van der Waals surface area contributed by atoms with Crippen LogP contribution in [-0.2, 0) is 6.61 Å². The zero-order chi connectivity index (χ0) is 23.3. The maximum absolute atomic E-state index is 5.96. The molecule has 3 aromatic carbocycles. The fourth-order valence-electron chi connectivity index (χ4n) is 3.46. The third kappa shape index (κ3) is 4.62. The summed E-state index contributed by atoms with van der Waals surface area (Å²) in [7, 11) is 3.27. The molecule has 1 N–H and O–H groups in total. The van der Waals surface area contributed by atoms with Gasteiger partial charge in [0.15, 0.2) is 17.3 Å². The molecule has 5 rings (SSSR count). The molecule has 0 aliphatic heterocycles. The molecule has 0 radical (unpaired) electrons. The van der Waals surface area contributed by atoms with Crippen molar-refractivity contribution in [3.05, 3.63) is 84.7 Å². The Bertz CT molecular complexity index is 1420. The largest absolute Gasteiger partial charge is 0.497 e. The summed E-state index contributed by atoms with van der Waals surface area (Å²) in [5.74, 6) is 2.69. The van der Waals surface area contributed by atoms with Crippen LogP contribution in [0.15, 0.2) is 79.1 Å². The van der Waals surface area contributed by atoms with Crippen molar-refractivity contribution in [2.75, 3.05) is 19.5 Å². The van der Waals surface area contributed by atoms with Gasteiger partial charge in [0, 0.05) is 17.3 Å². The third-order valence-corrected chi connectivity index (χ3v) is 6.19. The molecule has 0 spiro atoms. The minimum Gasteiger partial charge on any atom is -0.497 e. The lowest BCUT2D eigenvalue weighted by molar-refractivity contribution is 0.284. The lowest BCUT2D eigenvalue weighted by atomic mass is 10.2. The standard InChI is InChI=1S/C26H22N4O3S/c1-31-20-10-6-9-18(13-20)25-30-23-24(27-16-28-26(23)34-25)29-19-11-12-21(22(14-19)32-2)33-15-17-7-4-3-5-8-17/h3-14,16H,15H2,1-2H3,(H,27,28,29). The lowest BCUT2D eigenvalue weighted by Crippen LogP contribution is -1.99. The SMILES string of the molecule is COc1cccc(-c2nc3c(Nc4ccc(OCc5ccccc5)c(OC)c4)ncnc3s2)c1. The van der Waals surface area contributed by atoms with Crippen LogP contribution >= 0.6 is 11.3 Å². The molecule has 170 valence electrons. The summed E-state index contributed by atoms with van der Waals surface area (Å²) in [5, 5.41) is 4.19. The highest BCUT2D eigenvalue weighted by molar-refractivity contribution is 7.21. The van der Waals surface area contributed by atoms with E-state index in [0.717, 1.165) is 32.4 Å². The number of fused-ring (bicyclic) bond motifs is 1. The van der Waals surface area contributed by atoms with Gasteiger partial charge in [-0.05, 0) is 29.8 Å². The normalized spacial score (nSPS) is 10.8. The molecule has 0 atom stereocenters. The van der Waals surface area contributed by atoms with E-state index < -0.39 is 0 Å². The van der Waals surface area contributed by atoms with E-state index in [2.05, 4.69) is 15.3 Å². The van der Waals surface area contributed by atoms with Crippen molar-refractivity contribution >= 4 is 33.2 Å². The van der Waals surface area contributed by atoms with Crippen molar-refractivity contribution in [2.24, 2.45) is 0 Å². The molecule has 0 aliphatic rings. The number of benzene rings is 3. The molecule has 0 fully saturated rings. The smallest absolute Gasteiger partial charge is 0.162 e. The maximum atomic E-state index is 5.96. The number of hydrogen-bond donors (Lipinski definition) is 1. The van der Waals surface area contributed by atoms with Gasteiger partial charge in [0.05, 0.1) is 14.2 Å². The van der Waals surface area contributed by atoms with Crippen LogP contribution in [-0.4, -0.2) is 29.2 Å². The number of hydrogen-bond acceptors (Lipinski definition) is 8. The van der Waals surface area contributed by atoms with Gasteiger partial charge < -0.3 is 19.5 Å². The number of rotatable bonds is 8. The summed E-state index contributed by atoms with van der Waals surface area (Å²) in [6.07, 6.45) is 1.53. The van der Waals surface area contributed by atoms with Gasteiger partial charge in [-0.25, -0.2) is 15.0 Å². The number of ether oxygens (including phenoxy) is 3. The van der Waals surface area contributed by atoms with Crippen molar-refractivity contribution in [2.45, 2.75) is 6.61 Å². The van der Waals surface area contributed by atoms with Crippen LogP contribution in [0.2, 0.25) is 0 Å². The molecular formula is C26H22N4O3S. The van der Waals surface area contributed by atoms with Gasteiger partial charge in [0.25, 0.3) is 0 Å². The molecule has 0 bridgehead atoms. The number of nitrogens with one attached hydrogen (secondary N) is 1. The van der Waals surface area contributed by atoms with Crippen LogP contribution < -0.4 is 19.5 Å². The van der Waals surface area contributed by atoms with E-state index in [1.165, 1.54) is 17.7 Å². The number of aromatic nitrogens is 3. The van der Waals surface area contributed by atoms with E-state index in [1.54, 1.807) is 14.2 Å². The first-order chi connectivity index (χ1) is 16.7. The monoisotopic (exact) mass is 470 g/mol. The van der Waals surface area contributed by atoms with Gasteiger partial charge in [-0.15, -0.1) is 0 Å². The molecule has 5 aromatic rings. The summed E-state index contributed by atoms with van der Waals surface area (Å²) in [5.41, 5.74) is 3.56. The van der Waals surface area contributed by atoms with Crippen molar-refractivity contribution < 1.29 is 14.2 Å². The summed E-state index contributed by atoms with van der Waals surface area (Å²) in [6.45, 7) is 0.461. The van der Waals surface area contributed by atoms with Crippen LogP contribution in [0, 0.1) is 0 Å². The molecule has 2 heterocycles. The first kappa shape index (κ1) is 21.7. The predicted octanol–water partition coefficient (Wildman–Crippen LogP) is 6.09. The van der Waals surface area contributed by atoms with Crippen molar-refractivity contribution in [3.8, 4) is 27.8 Å². The second kappa shape index (κ2) is 9.76. The van der Waals surface area contributed by atoms with E-state index in [4.69, 9.17) is 19.2 Å². The van der Waals surface area contributed by atoms with E-state index >= 15 is 0 Å². The molecule has 7 nitrogen and oxygen atoms in total. The van der Waals surface area contributed by atoms with Gasteiger partial charge in [-0.2, -0.15) is 0 Å². The third-order valence-electron chi connectivity index (χ3n) is 5.18. The Labute approximate surface area is 201 Å². The fraction of sp³-hybridized carbons (Fsp3) is 0.115. The molecule has 0 amide bonds. The number of anilines is 2. The van der Waals surface area contributed by atoms with Crippen molar-refractivity contribution in [1.29, 1.82) is 0 Å². The predicted molar refractivity (Wildman–Crippen MR) is 134 cm³/mol. The quantitative estimate of drug-likeness (QED) is 0.294. The van der Waals surface area contributed by atoms with Crippen molar-refractivity contribution in [1.82, 2.24) is 15.0 Å². The van der Waals surface area contributed by atoms with Crippen molar-refractivity contribution in [3.63, 3.8) is 0 Å². The Morgan fingerprint density at radius 2 is 1.74 bits per heavy atom. The van der Waals surface area contributed by atoms with Crippen LogP contribution in [0.1, 0.15) is 5.56 Å². The van der Waals surface area contributed by atoms with Gasteiger partial charge in [0.1, 0.15) is 34.0 Å². The molecule has 0 aliphatic carbocycles. The summed E-state index contributed by atoms with van der Waals surface area (Å²) in [6, 6.07) is 23.5.